The molecule has 0 bridgehead atoms. The summed E-state index contributed by atoms with van der Waals surface area (Å²) in [7, 11) is 4.13. The zero-order valence-corrected chi connectivity index (χ0v) is 16.3. The number of benzene rings is 2. The van der Waals surface area contributed by atoms with Gasteiger partial charge in [0, 0.05) is 41.7 Å². The predicted octanol–water partition coefficient (Wildman–Crippen LogP) is 4.15. The molecule has 2 N–H and O–H groups in total. The van der Waals surface area contributed by atoms with Crippen molar-refractivity contribution < 1.29 is 0 Å². The van der Waals surface area contributed by atoms with Crippen LogP contribution in [0.25, 0.3) is 22.0 Å². The van der Waals surface area contributed by atoms with Gasteiger partial charge in [0.2, 0.25) is 0 Å². The van der Waals surface area contributed by atoms with Crippen LogP contribution in [0.3, 0.4) is 0 Å². The second-order valence-electron chi connectivity index (χ2n) is 7.49. The van der Waals surface area contributed by atoms with Crippen molar-refractivity contribution in [3.05, 3.63) is 48.0 Å². The maximum atomic E-state index is 4.63. The standard InChI is InChI=1S/C22H27N5/c1-15-10-11-19(20(13-15)23-2)21-17-8-4-5-9-18(17)22(26-25-21)24-16-7-6-12-27(3)14-16/h4-5,8-11,13,16,23H,6-7,12,14H2,1-3H3,(H,24,26)/t16-/m1/s1. The molecule has 1 aromatic heterocycles. The summed E-state index contributed by atoms with van der Waals surface area (Å²) in [4.78, 5) is 2.37. The molecule has 1 aliphatic heterocycles. The van der Waals surface area contributed by atoms with E-state index in [0.29, 0.717) is 6.04 Å². The molecule has 3 aromatic rings. The van der Waals surface area contributed by atoms with Gasteiger partial charge in [0.25, 0.3) is 0 Å². The van der Waals surface area contributed by atoms with Crippen LogP contribution < -0.4 is 10.6 Å². The Morgan fingerprint density at radius 1 is 1.07 bits per heavy atom. The molecule has 0 spiro atoms. The lowest BCUT2D eigenvalue weighted by molar-refractivity contribution is 0.261. The van der Waals surface area contributed by atoms with Gasteiger partial charge >= 0.3 is 0 Å². The summed E-state index contributed by atoms with van der Waals surface area (Å²) in [5.74, 6) is 0.882. The van der Waals surface area contributed by atoms with Crippen LogP contribution in [0.5, 0.6) is 0 Å². The fourth-order valence-electron chi connectivity index (χ4n) is 3.96. The summed E-state index contributed by atoms with van der Waals surface area (Å²) in [6.45, 7) is 4.31. The van der Waals surface area contributed by atoms with Gasteiger partial charge in [0.05, 0.1) is 0 Å². The maximum absolute atomic E-state index is 4.63. The lowest BCUT2D eigenvalue weighted by Gasteiger charge is -2.30. The molecule has 5 heteroatoms. The van der Waals surface area contributed by atoms with E-state index >= 15 is 0 Å². The van der Waals surface area contributed by atoms with Crippen molar-refractivity contribution in [1.82, 2.24) is 15.1 Å². The largest absolute Gasteiger partial charge is 0.388 e. The Labute approximate surface area is 160 Å². The SMILES string of the molecule is CNc1cc(C)ccc1-c1nnc(N[C@@H]2CCCN(C)C2)c2ccccc12. The maximum Gasteiger partial charge on any atom is 0.156 e. The Kier molecular flexibility index (Phi) is 4.94. The predicted molar refractivity (Wildman–Crippen MR) is 113 cm³/mol. The van der Waals surface area contributed by atoms with Gasteiger partial charge in [-0.15, -0.1) is 10.2 Å². The van der Waals surface area contributed by atoms with Gasteiger partial charge in [-0.2, -0.15) is 0 Å². The van der Waals surface area contributed by atoms with Crippen molar-refractivity contribution in [3.63, 3.8) is 0 Å². The Morgan fingerprint density at radius 3 is 2.67 bits per heavy atom. The quantitative estimate of drug-likeness (QED) is 0.731. The highest BCUT2D eigenvalue weighted by atomic mass is 15.2. The van der Waals surface area contributed by atoms with Crippen LogP contribution in [0, 0.1) is 6.92 Å². The van der Waals surface area contributed by atoms with E-state index in [1.54, 1.807) is 0 Å². The van der Waals surface area contributed by atoms with Crippen LogP contribution in [0.4, 0.5) is 11.5 Å². The van der Waals surface area contributed by atoms with E-state index in [9.17, 15) is 0 Å². The highest BCUT2D eigenvalue weighted by Gasteiger charge is 2.20. The minimum Gasteiger partial charge on any atom is -0.388 e. The average molecular weight is 361 g/mol. The minimum absolute atomic E-state index is 0.416. The normalized spacial score (nSPS) is 17.8. The summed E-state index contributed by atoms with van der Waals surface area (Å²) in [6, 6.07) is 15.2. The average Bonchev–Trinajstić information content (AvgIpc) is 2.68. The topological polar surface area (TPSA) is 53.1 Å². The zero-order valence-electron chi connectivity index (χ0n) is 16.3. The molecule has 0 aliphatic carbocycles. The van der Waals surface area contributed by atoms with Gasteiger partial charge < -0.3 is 15.5 Å². The molecular formula is C22H27N5. The van der Waals surface area contributed by atoms with E-state index in [1.165, 1.54) is 24.9 Å². The van der Waals surface area contributed by atoms with Crippen molar-refractivity contribution in [2.45, 2.75) is 25.8 Å². The summed E-state index contributed by atoms with van der Waals surface area (Å²) in [5, 5.41) is 18.4. The fraction of sp³-hybridized carbons (Fsp3) is 0.364. The second kappa shape index (κ2) is 7.53. The van der Waals surface area contributed by atoms with Crippen molar-refractivity contribution in [3.8, 4) is 11.3 Å². The van der Waals surface area contributed by atoms with E-state index in [1.807, 2.05) is 7.05 Å². The summed E-state index contributed by atoms with van der Waals surface area (Å²) >= 11 is 0. The van der Waals surface area contributed by atoms with Gasteiger partial charge in [-0.25, -0.2) is 0 Å². The number of likely N-dealkylation sites (N-methyl/N-ethyl adjacent to an activating group) is 1. The van der Waals surface area contributed by atoms with Crippen LogP contribution in [0.2, 0.25) is 0 Å². The third-order valence-corrected chi connectivity index (χ3v) is 5.35. The summed E-state index contributed by atoms with van der Waals surface area (Å²) in [6.07, 6.45) is 2.39. The van der Waals surface area contributed by atoms with Gasteiger partial charge in [0.15, 0.2) is 5.82 Å². The molecule has 0 saturated carbocycles. The van der Waals surface area contributed by atoms with Crippen LogP contribution >= 0.6 is 0 Å². The third-order valence-electron chi connectivity index (χ3n) is 5.35. The first-order valence-corrected chi connectivity index (χ1v) is 9.65. The van der Waals surface area contributed by atoms with Crippen LogP contribution in [-0.2, 0) is 0 Å². The van der Waals surface area contributed by atoms with Crippen LogP contribution in [0.1, 0.15) is 18.4 Å². The molecule has 1 aliphatic rings. The van der Waals surface area contributed by atoms with Crippen LogP contribution in [-0.4, -0.2) is 48.3 Å². The molecule has 2 aromatic carbocycles. The lowest BCUT2D eigenvalue weighted by atomic mass is 10.0. The number of rotatable bonds is 4. The second-order valence-corrected chi connectivity index (χ2v) is 7.49. The molecule has 1 saturated heterocycles. The summed E-state index contributed by atoms with van der Waals surface area (Å²) in [5.41, 5.74) is 4.29. The number of hydrogen-bond acceptors (Lipinski definition) is 5. The molecule has 1 atom stereocenters. The monoisotopic (exact) mass is 361 g/mol. The van der Waals surface area contributed by atoms with E-state index in [4.69, 9.17) is 0 Å². The Balaban J connectivity index is 1.77. The van der Waals surface area contributed by atoms with Crippen molar-refractivity contribution >= 4 is 22.3 Å². The van der Waals surface area contributed by atoms with Crippen LogP contribution in [0.15, 0.2) is 42.5 Å². The first-order chi connectivity index (χ1) is 13.2. The first kappa shape index (κ1) is 17.7. The number of nitrogens with one attached hydrogen (secondary N) is 2. The number of anilines is 2. The molecule has 27 heavy (non-hydrogen) atoms. The van der Waals surface area contributed by atoms with Gasteiger partial charge in [-0.1, -0.05) is 36.4 Å². The minimum atomic E-state index is 0.416. The molecule has 0 amide bonds. The third kappa shape index (κ3) is 3.60. The Morgan fingerprint density at radius 2 is 1.89 bits per heavy atom. The van der Waals surface area contributed by atoms with E-state index < -0.39 is 0 Å². The number of aryl methyl sites for hydroxylation is 1. The number of aromatic nitrogens is 2. The molecule has 2 heterocycles. The van der Waals surface area contributed by atoms with E-state index in [2.05, 4.69) is 82.2 Å². The fourth-order valence-corrected chi connectivity index (χ4v) is 3.96. The van der Waals surface area contributed by atoms with Gasteiger partial charge in [-0.05, 0) is 45.0 Å². The number of piperidine rings is 1. The number of likely N-dealkylation sites (tertiary alicyclic amines) is 1. The highest BCUT2D eigenvalue weighted by molar-refractivity contribution is 6.02. The molecule has 4 rings (SSSR count). The Bertz CT molecular complexity index is 953. The van der Waals surface area contributed by atoms with Crippen molar-refractivity contribution in [2.24, 2.45) is 0 Å². The molecule has 0 unspecified atom stereocenters. The van der Waals surface area contributed by atoms with Gasteiger partial charge in [-0.3, -0.25) is 0 Å². The smallest absolute Gasteiger partial charge is 0.156 e. The number of nitrogens with zero attached hydrogens (tertiary/aromatic N) is 3. The Hall–Kier alpha value is -2.66. The van der Waals surface area contributed by atoms with Crippen molar-refractivity contribution in [1.29, 1.82) is 0 Å². The highest BCUT2D eigenvalue weighted by Crippen LogP contribution is 2.34. The zero-order chi connectivity index (χ0) is 18.8. The number of hydrogen-bond donors (Lipinski definition) is 2. The van der Waals surface area contributed by atoms with E-state index in [-0.39, 0.29) is 0 Å². The van der Waals surface area contributed by atoms with Gasteiger partial charge in [0.1, 0.15) is 5.69 Å². The van der Waals surface area contributed by atoms with Crippen molar-refractivity contribution in [2.75, 3.05) is 37.8 Å². The molecular weight excluding hydrogens is 334 g/mol. The molecule has 5 nitrogen and oxygen atoms in total. The molecule has 140 valence electrons. The first-order valence-electron chi connectivity index (χ1n) is 9.65. The molecule has 1 fully saturated rings. The lowest BCUT2D eigenvalue weighted by Crippen LogP contribution is -2.40. The summed E-state index contributed by atoms with van der Waals surface area (Å²) < 4.78 is 0. The number of fused-ring (bicyclic) bond motifs is 1. The molecule has 0 radical (unpaired) electrons. The van der Waals surface area contributed by atoms with E-state index in [0.717, 1.165) is 40.1 Å².